The molecule has 176 valence electrons. The van der Waals surface area contributed by atoms with Crippen LogP contribution in [0.4, 0.5) is 0 Å². The summed E-state index contributed by atoms with van der Waals surface area (Å²) >= 11 is 0. The smallest absolute Gasteiger partial charge is 0.285 e. The number of carbonyl (C=O) groups is 1. The van der Waals surface area contributed by atoms with Crippen molar-refractivity contribution in [3.63, 3.8) is 0 Å². The van der Waals surface area contributed by atoms with Crippen LogP contribution in [-0.2, 0) is 14.8 Å². The van der Waals surface area contributed by atoms with Gasteiger partial charge >= 0.3 is 0 Å². The average molecular weight is 477 g/mol. The van der Waals surface area contributed by atoms with Gasteiger partial charge in [0.1, 0.15) is 4.90 Å². The van der Waals surface area contributed by atoms with E-state index in [0.29, 0.717) is 30.4 Å². The SMILES string of the molecule is O=C(C1CCN(C2=NS(=O)(=O)c3ccccc32)CC1)N1CCC(c2c[nH]c3ccccc23)CC1. The summed E-state index contributed by atoms with van der Waals surface area (Å²) in [6, 6.07) is 15.4. The number of para-hydroxylation sites is 1. The van der Waals surface area contributed by atoms with Crippen LogP contribution in [0, 0.1) is 5.92 Å². The number of aromatic nitrogens is 1. The predicted octanol–water partition coefficient (Wildman–Crippen LogP) is 3.74. The molecule has 7 nitrogen and oxygen atoms in total. The number of nitrogens with one attached hydrogen (secondary N) is 1. The van der Waals surface area contributed by atoms with Gasteiger partial charge in [0.15, 0.2) is 5.84 Å². The number of amidine groups is 1. The van der Waals surface area contributed by atoms with E-state index >= 15 is 0 Å². The van der Waals surface area contributed by atoms with Crippen LogP contribution in [0.1, 0.15) is 42.7 Å². The normalized spacial score (nSPS) is 21.0. The van der Waals surface area contributed by atoms with E-state index in [1.54, 1.807) is 12.1 Å². The van der Waals surface area contributed by atoms with Crippen molar-refractivity contribution in [1.82, 2.24) is 14.8 Å². The molecule has 3 aliphatic heterocycles. The maximum Gasteiger partial charge on any atom is 0.285 e. The molecule has 0 spiro atoms. The van der Waals surface area contributed by atoms with E-state index in [0.717, 1.165) is 38.8 Å². The zero-order valence-corrected chi connectivity index (χ0v) is 19.8. The highest BCUT2D eigenvalue weighted by Crippen LogP contribution is 2.35. The van der Waals surface area contributed by atoms with Gasteiger partial charge < -0.3 is 14.8 Å². The Bertz CT molecular complexity index is 1380. The van der Waals surface area contributed by atoms with Crippen molar-refractivity contribution >= 4 is 32.7 Å². The van der Waals surface area contributed by atoms with Crippen LogP contribution < -0.4 is 0 Å². The fourth-order valence-corrected chi connectivity index (χ4v) is 6.98. The van der Waals surface area contributed by atoms with Gasteiger partial charge in [-0.05, 0) is 55.4 Å². The van der Waals surface area contributed by atoms with Crippen molar-refractivity contribution in [2.45, 2.75) is 36.5 Å². The maximum atomic E-state index is 13.3. The minimum absolute atomic E-state index is 0.00487. The molecule has 0 aliphatic carbocycles. The van der Waals surface area contributed by atoms with Gasteiger partial charge in [0, 0.05) is 54.8 Å². The highest BCUT2D eigenvalue weighted by atomic mass is 32.2. The molecule has 3 aromatic rings. The molecule has 6 rings (SSSR count). The van der Waals surface area contributed by atoms with Gasteiger partial charge in [-0.3, -0.25) is 4.79 Å². The number of amides is 1. The number of rotatable bonds is 2. The van der Waals surface area contributed by atoms with Crippen molar-refractivity contribution in [3.05, 3.63) is 65.9 Å². The van der Waals surface area contributed by atoms with Gasteiger partial charge in [-0.1, -0.05) is 30.3 Å². The number of piperidine rings is 2. The summed E-state index contributed by atoms with van der Waals surface area (Å²) in [6.45, 7) is 2.87. The fraction of sp³-hybridized carbons (Fsp3) is 0.385. The predicted molar refractivity (Wildman–Crippen MR) is 131 cm³/mol. The van der Waals surface area contributed by atoms with E-state index in [4.69, 9.17) is 0 Å². The van der Waals surface area contributed by atoms with Crippen molar-refractivity contribution in [2.75, 3.05) is 26.2 Å². The Morgan fingerprint density at radius 1 is 0.912 bits per heavy atom. The first kappa shape index (κ1) is 21.4. The van der Waals surface area contributed by atoms with Crippen molar-refractivity contribution < 1.29 is 13.2 Å². The molecule has 1 aromatic heterocycles. The van der Waals surface area contributed by atoms with E-state index in [9.17, 15) is 13.2 Å². The number of H-pyrrole nitrogens is 1. The second-order valence-corrected chi connectivity index (χ2v) is 11.1. The summed E-state index contributed by atoms with van der Waals surface area (Å²) in [5.74, 6) is 1.25. The molecule has 1 N–H and O–H groups in total. The zero-order valence-electron chi connectivity index (χ0n) is 19.0. The van der Waals surface area contributed by atoms with Crippen LogP contribution in [0.5, 0.6) is 0 Å². The lowest BCUT2D eigenvalue weighted by Crippen LogP contribution is -2.46. The number of sulfonamides is 1. The standard InChI is InChI=1S/C26H28N4O3S/c31-26(30-15-9-18(10-16-30)22-17-27-23-7-3-1-5-20(22)23)19-11-13-29(14-12-19)25-21-6-2-4-8-24(21)34(32,33)28-25/h1-8,17-19,27H,9-16H2. The Balaban J connectivity index is 1.07. The van der Waals surface area contributed by atoms with Gasteiger partial charge in [0.05, 0.1) is 0 Å². The Hall–Kier alpha value is -3.13. The molecule has 4 heterocycles. The highest BCUT2D eigenvalue weighted by molar-refractivity contribution is 7.90. The summed E-state index contributed by atoms with van der Waals surface area (Å²) in [5.41, 5.74) is 3.21. The average Bonchev–Trinajstić information content (AvgIpc) is 3.43. The molecule has 2 fully saturated rings. The Kier molecular flexibility index (Phi) is 5.21. The van der Waals surface area contributed by atoms with Crippen LogP contribution in [0.3, 0.4) is 0 Å². The molecule has 0 unspecified atom stereocenters. The Labute approximate surface area is 199 Å². The number of fused-ring (bicyclic) bond motifs is 2. The van der Waals surface area contributed by atoms with Gasteiger partial charge in [0.2, 0.25) is 5.91 Å². The summed E-state index contributed by atoms with van der Waals surface area (Å²) in [6.07, 6.45) is 5.55. The number of hydrogen-bond acceptors (Lipinski definition) is 4. The van der Waals surface area contributed by atoms with E-state index < -0.39 is 10.0 Å². The summed E-state index contributed by atoms with van der Waals surface area (Å²) in [7, 11) is -3.62. The first-order valence-electron chi connectivity index (χ1n) is 12.1. The zero-order chi connectivity index (χ0) is 23.3. The van der Waals surface area contributed by atoms with Crippen molar-refractivity contribution in [1.29, 1.82) is 0 Å². The third-order valence-electron chi connectivity index (χ3n) is 7.62. The second kappa shape index (κ2) is 8.27. The number of carbonyl (C=O) groups excluding carboxylic acids is 1. The second-order valence-electron chi connectivity index (χ2n) is 9.54. The molecule has 0 saturated carbocycles. The third kappa shape index (κ3) is 3.60. The molecule has 0 radical (unpaired) electrons. The largest absolute Gasteiger partial charge is 0.361 e. The fourth-order valence-electron chi connectivity index (χ4n) is 5.76. The van der Waals surface area contributed by atoms with Gasteiger partial charge in [0.25, 0.3) is 10.0 Å². The number of hydrogen-bond donors (Lipinski definition) is 1. The van der Waals surface area contributed by atoms with E-state index in [1.807, 2.05) is 28.0 Å². The lowest BCUT2D eigenvalue weighted by Gasteiger charge is -2.37. The molecule has 0 atom stereocenters. The lowest BCUT2D eigenvalue weighted by molar-refractivity contribution is -0.137. The summed E-state index contributed by atoms with van der Waals surface area (Å²) < 4.78 is 28.8. The minimum atomic E-state index is -3.62. The van der Waals surface area contributed by atoms with Gasteiger partial charge in [-0.15, -0.1) is 4.40 Å². The summed E-state index contributed by atoms with van der Waals surface area (Å²) in [4.78, 5) is 21.0. The molecule has 3 aliphatic rings. The van der Waals surface area contributed by atoms with Crippen LogP contribution in [0.2, 0.25) is 0 Å². The molecule has 0 bridgehead atoms. The first-order chi connectivity index (χ1) is 16.5. The number of likely N-dealkylation sites (tertiary alicyclic amines) is 2. The number of aromatic amines is 1. The molecular weight excluding hydrogens is 448 g/mol. The third-order valence-corrected chi connectivity index (χ3v) is 8.95. The van der Waals surface area contributed by atoms with Crippen LogP contribution in [0.15, 0.2) is 64.0 Å². The quantitative estimate of drug-likeness (QED) is 0.611. The first-order valence-corrected chi connectivity index (χ1v) is 13.5. The molecule has 2 saturated heterocycles. The number of nitrogens with zero attached hydrogens (tertiary/aromatic N) is 3. The van der Waals surface area contributed by atoms with Gasteiger partial charge in [-0.2, -0.15) is 8.42 Å². The topological polar surface area (TPSA) is 85.8 Å². The molecule has 34 heavy (non-hydrogen) atoms. The molecule has 1 amide bonds. The van der Waals surface area contributed by atoms with Gasteiger partial charge in [-0.25, -0.2) is 0 Å². The van der Waals surface area contributed by atoms with E-state index in [1.165, 1.54) is 16.5 Å². The molecule has 8 heteroatoms. The van der Waals surface area contributed by atoms with Crippen molar-refractivity contribution in [3.8, 4) is 0 Å². The Morgan fingerprint density at radius 2 is 1.62 bits per heavy atom. The van der Waals surface area contributed by atoms with E-state index in [-0.39, 0.29) is 16.7 Å². The van der Waals surface area contributed by atoms with E-state index in [2.05, 4.69) is 33.8 Å². The van der Waals surface area contributed by atoms with Crippen LogP contribution in [0.25, 0.3) is 10.9 Å². The maximum absolute atomic E-state index is 13.3. The molecular formula is C26H28N4O3S. The minimum Gasteiger partial charge on any atom is -0.361 e. The van der Waals surface area contributed by atoms with Crippen LogP contribution in [-0.4, -0.2) is 61.1 Å². The molecule has 2 aromatic carbocycles. The Morgan fingerprint density at radius 3 is 2.41 bits per heavy atom. The lowest BCUT2D eigenvalue weighted by atomic mass is 9.88. The van der Waals surface area contributed by atoms with Crippen molar-refractivity contribution in [2.24, 2.45) is 10.3 Å². The summed E-state index contributed by atoms with van der Waals surface area (Å²) in [5, 5.41) is 1.29. The number of benzene rings is 2. The highest BCUT2D eigenvalue weighted by Gasteiger charge is 2.36. The van der Waals surface area contributed by atoms with Crippen LogP contribution >= 0.6 is 0 Å². The monoisotopic (exact) mass is 476 g/mol.